The standard InChI is InChI=1S/C7H13N3O2S/c8-6(13)9-5-1-3-10(4-2-5)7(11)12/h5H,1-4H2,(H,11,12)(H3,8,9,13). The Kier molecular flexibility index (Phi) is 3.30. The van der Waals surface area contributed by atoms with E-state index in [9.17, 15) is 4.79 Å². The first-order valence-electron chi connectivity index (χ1n) is 4.13. The van der Waals surface area contributed by atoms with E-state index in [2.05, 4.69) is 5.32 Å². The number of hydrogen-bond donors (Lipinski definition) is 3. The molecular formula is C7H13N3O2S. The average Bonchev–Trinajstić information content (AvgIpc) is 2.04. The van der Waals surface area contributed by atoms with E-state index in [-0.39, 0.29) is 11.2 Å². The zero-order valence-corrected chi connectivity index (χ0v) is 8.01. The lowest BCUT2D eigenvalue weighted by Crippen LogP contribution is -2.47. The molecule has 1 rings (SSSR count). The molecule has 4 N–H and O–H groups in total. The van der Waals surface area contributed by atoms with Crippen molar-refractivity contribution in [3.63, 3.8) is 0 Å². The largest absolute Gasteiger partial charge is 0.465 e. The monoisotopic (exact) mass is 203 g/mol. The lowest BCUT2D eigenvalue weighted by molar-refractivity contribution is 0.131. The summed E-state index contributed by atoms with van der Waals surface area (Å²) >= 11 is 4.69. The molecular weight excluding hydrogens is 190 g/mol. The predicted octanol–water partition coefficient (Wildman–Crippen LogP) is -0.0380. The van der Waals surface area contributed by atoms with Crippen molar-refractivity contribution in [1.29, 1.82) is 0 Å². The highest BCUT2D eigenvalue weighted by atomic mass is 32.1. The molecule has 1 heterocycles. The van der Waals surface area contributed by atoms with Crippen molar-refractivity contribution >= 4 is 23.4 Å². The Bertz CT molecular complexity index is 214. The summed E-state index contributed by atoms with van der Waals surface area (Å²) in [6.45, 7) is 1.10. The fourth-order valence-corrected chi connectivity index (χ4v) is 1.58. The van der Waals surface area contributed by atoms with Gasteiger partial charge in [0.25, 0.3) is 0 Å². The highest BCUT2D eigenvalue weighted by Crippen LogP contribution is 2.09. The second-order valence-corrected chi connectivity index (χ2v) is 3.49. The number of rotatable bonds is 1. The van der Waals surface area contributed by atoms with Gasteiger partial charge in [-0.15, -0.1) is 0 Å². The number of amides is 1. The lowest BCUT2D eigenvalue weighted by Gasteiger charge is -2.30. The summed E-state index contributed by atoms with van der Waals surface area (Å²) in [5.41, 5.74) is 5.31. The van der Waals surface area contributed by atoms with E-state index in [0.717, 1.165) is 12.8 Å². The Labute approximate surface area is 81.9 Å². The summed E-state index contributed by atoms with van der Waals surface area (Å²) in [5, 5.41) is 11.9. The molecule has 6 heteroatoms. The fraction of sp³-hybridized carbons (Fsp3) is 0.714. The first-order chi connectivity index (χ1) is 6.09. The summed E-state index contributed by atoms with van der Waals surface area (Å²) in [4.78, 5) is 11.9. The number of piperidine rings is 1. The number of nitrogens with one attached hydrogen (secondary N) is 1. The minimum atomic E-state index is -0.853. The zero-order valence-electron chi connectivity index (χ0n) is 7.19. The van der Waals surface area contributed by atoms with E-state index < -0.39 is 6.09 Å². The van der Waals surface area contributed by atoms with Crippen LogP contribution >= 0.6 is 12.2 Å². The van der Waals surface area contributed by atoms with E-state index >= 15 is 0 Å². The van der Waals surface area contributed by atoms with Crippen molar-refractivity contribution in [2.24, 2.45) is 5.73 Å². The molecule has 74 valence electrons. The Morgan fingerprint density at radius 2 is 2.08 bits per heavy atom. The first-order valence-corrected chi connectivity index (χ1v) is 4.54. The topological polar surface area (TPSA) is 78.6 Å². The molecule has 0 aromatic rings. The molecule has 0 aromatic heterocycles. The lowest BCUT2D eigenvalue weighted by atomic mass is 10.1. The van der Waals surface area contributed by atoms with Gasteiger partial charge >= 0.3 is 6.09 Å². The van der Waals surface area contributed by atoms with Gasteiger partial charge in [0, 0.05) is 19.1 Å². The molecule has 0 aliphatic carbocycles. The molecule has 0 atom stereocenters. The molecule has 0 radical (unpaired) electrons. The molecule has 0 spiro atoms. The van der Waals surface area contributed by atoms with Crippen molar-refractivity contribution < 1.29 is 9.90 Å². The quantitative estimate of drug-likeness (QED) is 0.521. The van der Waals surface area contributed by atoms with Gasteiger partial charge in [0.15, 0.2) is 5.11 Å². The van der Waals surface area contributed by atoms with Crippen LogP contribution in [-0.4, -0.2) is 40.3 Å². The van der Waals surface area contributed by atoms with E-state index in [0.29, 0.717) is 13.1 Å². The molecule has 1 amide bonds. The Hall–Kier alpha value is -1.04. The summed E-state index contributed by atoms with van der Waals surface area (Å²) in [6.07, 6.45) is 0.682. The zero-order chi connectivity index (χ0) is 9.84. The maximum Gasteiger partial charge on any atom is 0.407 e. The van der Waals surface area contributed by atoms with E-state index in [1.165, 1.54) is 4.90 Å². The van der Waals surface area contributed by atoms with Gasteiger partial charge in [0.2, 0.25) is 0 Å². The highest BCUT2D eigenvalue weighted by molar-refractivity contribution is 7.80. The van der Waals surface area contributed by atoms with Crippen molar-refractivity contribution in [1.82, 2.24) is 10.2 Å². The minimum absolute atomic E-state index is 0.230. The molecule has 0 saturated carbocycles. The number of nitrogens with zero attached hydrogens (tertiary/aromatic N) is 1. The van der Waals surface area contributed by atoms with Gasteiger partial charge in [-0.2, -0.15) is 0 Å². The Morgan fingerprint density at radius 3 is 2.46 bits per heavy atom. The molecule has 1 aliphatic heterocycles. The number of likely N-dealkylation sites (tertiary alicyclic amines) is 1. The number of thiocarbonyl (C=S) groups is 1. The maximum absolute atomic E-state index is 10.5. The van der Waals surface area contributed by atoms with Crippen LogP contribution in [0, 0.1) is 0 Å². The Morgan fingerprint density at radius 1 is 1.54 bits per heavy atom. The van der Waals surface area contributed by atoms with Crippen LogP contribution in [0.5, 0.6) is 0 Å². The second-order valence-electron chi connectivity index (χ2n) is 3.05. The predicted molar refractivity (Wildman–Crippen MR) is 52.5 cm³/mol. The summed E-state index contributed by atoms with van der Waals surface area (Å²) < 4.78 is 0. The van der Waals surface area contributed by atoms with Crippen LogP contribution in [0.1, 0.15) is 12.8 Å². The Balaban J connectivity index is 2.30. The van der Waals surface area contributed by atoms with E-state index in [1.807, 2.05) is 0 Å². The van der Waals surface area contributed by atoms with E-state index in [4.69, 9.17) is 23.1 Å². The summed E-state index contributed by atoms with van der Waals surface area (Å²) in [6, 6.07) is 0.230. The minimum Gasteiger partial charge on any atom is -0.465 e. The van der Waals surface area contributed by atoms with Gasteiger partial charge in [-0.05, 0) is 25.1 Å². The van der Waals surface area contributed by atoms with Gasteiger partial charge in [0.05, 0.1) is 0 Å². The molecule has 13 heavy (non-hydrogen) atoms. The van der Waals surface area contributed by atoms with Crippen LogP contribution in [0.3, 0.4) is 0 Å². The number of nitrogens with two attached hydrogens (primary N) is 1. The van der Waals surface area contributed by atoms with Gasteiger partial charge in [-0.25, -0.2) is 4.79 Å². The normalized spacial score (nSPS) is 18.3. The maximum atomic E-state index is 10.5. The first kappa shape index (κ1) is 10.0. The number of hydrogen-bond acceptors (Lipinski definition) is 2. The molecule has 1 saturated heterocycles. The van der Waals surface area contributed by atoms with Gasteiger partial charge in [-0.1, -0.05) is 0 Å². The molecule has 0 unspecified atom stereocenters. The van der Waals surface area contributed by atoms with Crippen LogP contribution in [0.25, 0.3) is 0 Å². The third kappa shape index (κ3) is 3.06. The van der Waals surface area contributed by atoms with Crippen molar-refractivity contribution in [2.75, 3.05) is 13.1 Å². The number of carbonyl (C=O) groups is 1. The third-order valence-corrected chi connectivity index (χ3v) is 2.23. The molecule has 0 aromatic carbocycles. The summed E-state index contributed by atoms with van der Waals surface area (Å²) in [7, 11) is 0. The van der Waals surface area contributed by atoms with Gasteiger partial charge < -0.3 is 21.1 Å². The smallest absolute Gasteiger partial charge is 0.407 e. The van der Waals surface area contributed by atoms with Crippen molar-refractivity contribution in [3.8, 4) is 0 Å². The third-order valence-electron chi connectivity index (χ3n) is 2.11. The fourth-order valence-electron chi connectivity index (χ4n) is 1.42. The molecule has 0 bridgehead atoms. The van der Waals surface area contributed by atoms with Crippen LogP contribution in [0.15, 0.2) is 0 Å². The van der Waals surface area contributed by atoms with Crippen molar-refractivity contribution in [2.45, 2.75) is 18.9 Å². The highest BCUT2D eigenvalue weighted by Gasteiger charge is 2.21. The van der Waals surface area contributed by atoms with Crippen molar-refractivity contribution in [3.05, 3.63) is 0 Å². The van der Waals surface area contributed by atoms with E-state index in [1.54, 1.807) is 0 Å². The average molecular weight is 203 g/mol. The SMILES string of the molecule is NC(=S)NC1CCN(C(=O)O)CC1. The van der Waals surface area contributed by atoms with Crippen LogP contribution in [0.2, 0.25) is 0 Å². The van der Waals surface area contributed by atoms with Crippen LogP contribution in [0.4, 0.5) is 4.79 Å². The number of carboxylic acid groups (broad SMARTS) is 1. The van der Waals surface area contributed by atoms with Gasteiger partial charge in [0.1, 0.15) is 0 Å². The molecule has 5 nitrogen and oxygen atoms in total. The summed E-state index contributed by atoms with van der Waals surface area (Å²) in [5.74, 6) is 0. The van der Waals surface area contributed by atoms with Gasteiger partial charge in [-0.3, -0.25) is 0 Å². The molecule has 1 aliphatic rings. The van der Waals surface area contributed by atoms with Crippen LogP contribution in [-0.2, 0) is 0 Å². The van der Waals surface area contributed by atoms with Crippen LogP contribution < -0.4 is 11.1 Å². The molecule has 1 fully saturated rings. The second kappa shape index (κ2) is 4.27.